The molecule has 0 bridgehead atoms. The van der Waals surface area contributed by atoms with E-state index in [9.17, 15) is 9.59 Å². The fourth-order valence-electron chi connectivity index (χ4n) is 3.31. The molecular weight excluding hydrogens is 342 g/mol. The number of nitrogens with zero attached hydrogens (tertiary/aromatic N) is 1. The second-order valence-electron chi connectivity index (χ2n) is 6.99. The predicted octanol–water partition coefficient (Wildman–Crippen LogP) is 2.25. The smallest absolute Gasteiger partial charge is 0.260 e. The second kappa shape index (κ2) is 8.22. The van der Waals surface area contributed by atoms with Gasteiger partial charge in [0.25, 0.3) is 5.91 Å². The third-order valence-corrected chi connectivity index (χ3v) is 4.69. The minimum absolute atomic E-state index is 0.0540. The minimum Gasteiger partial charge on any atom is -0.477 e. The van der Waals surface area contributed by atoms with Crippen molar-refractivity contribution in [2.75, 3.05) is 18.0 Å². The molecule has 0 unspecified atom stereocenters. The first-order valence-corrected chi connectivity index (χ1v) is 9.11. The Kier molecular flexibility index (Phi) is 5.76. The average molecular weight is 367 g/mol. The van der Waals surface area contributed by atoms with Gasteiger partial charge in [-0.25, -0.2) is 0 Å². The molecule has 2 amide bonds. The van der Waals surface area contributed by atoms with Gasteiger partial charge in [0.05, 0.1) is 18.8 Å². The van der Waals surface area contributed by atoms with Gasteiger partial charge in [-0.05, 0) is 23.6 Å². The van der Waals surface area contributed by atoms with Gasteiger partial charge >= 0.3 is 0 Å². The number of nitrogens with one attached hydrogen (secondary N) is 1. The number of carbonyl (C=O) groups is 2. The zero-order valence-electron chi connectivity index (χ0n) is 15.6. The molecule has 1 aliphatic heterocycles. The van der Waals surface area contributed by atoms with Crippen molar-refractivity contribution in [3.05, 3.63) is 60.2 Å². The molecule has 1 aliphatic rings. The highest BCUT2D eigenvalue weighted by molar-refractivity contribution is 5.98. The molecule has 2 aromatic rings. The number of nitrogens with two attached hydrogens (primary N) is 1. The molecule has 0 saturated carbocycles. The number of para-hydroxylation sites is 2. The van der Waals surface area contributed by atoms with E-state index in [1.807, 2.05) is 30.3 Å². The number of ether oxygens (including phenoxy) is 1. The van der Waals surface area contributed by atoms with E-state index in [1.54, 1.807) is 17.0 Å². The number of carbonyl (C=O) groups excluding carboxylic acids is 2. The van der Waals surface area contributed by atoms with Gasteiger partial charge in [-0.15, -0.1) is 0 Å². The van der Waals surface area contributed by atoms with Crippen molar-refractivity contribution >= 4 is 17.5 Å². The monoisotopic (exact) mass is 367 g/mol. The van der Waals surface area contributed by atoms with Gasteiger partial charge in [0.15, 0.2) is 6.10 Å². The van der Waals surface area contributed by atoms with Crippen LogP contribution < -0.4 is 20.7 Å². The first-order chi connectivity index (χ1) is 13.0. The summed E-state index contributed by atoms with van der Waals surface area (Å²) in [6, 6.07) is 17.3. The highest BCUT2D eigenvalue weighted by atomic mass is 16.5. The fourth-order valence-corrected chi connectivity index (χ4v) is 3.31. The van der Waals surface area contributed by atoms with Crippen molar-refractivity contribution in [2.45, 2.75) is 26.0 Å². The van der Waals surface area contributed by atoms with Crippen molar-refractivity contribution < 1.29 is 14.3 Å². The molecule has 2 aromatic carbocycles. The summed E-state index contributed by atoms with van der Waals surface area (Å²) >= 11 is 0. The summed E-state index contributed by atoms with van der Waals surface area (Å²) in [6.45, 7) is 4.49. The lowest BCUT2D eigenvalue weighted by Crippen LogP contribution is -2.51. The van der Waals surface area contributed by atoms with Gasteiger partial charge in [0, 0.05) is 6.04 Å². The van der Waals surface area contributed by atoms with Gasteiger partial charge in [-0.1, -0.05) is 56.3 Å². The van der Waals surface area contributed by atoms with Crippen LogP contribution in [0.5, 0.6) is 5.75 Å². The number of anilines is 1. The maximum atomic E-state index is 12.9. The second-order valence-corrected chi connectivity index (χ2v) is 6.99. The highest BCUT2D eigenvalue weighted by Gasteiger charge is 2.32. The molecule has 0 fully saturated rings. The molecule has 0 spiro atoms. The van der Waals surface area contributed by atoms with Crippen LogP contribution in [0.3, 0.4) is 0 Å². The molecule has 1 heterocycles. The summed E-state index contributed by atoms with van der Waals surface area (Å²) in [5.41, 5.74) is 7.20. The van der Waals surface area contributed by atoms with Crippen LogP contribution >= 0.6 is 0 Å². The van der Waals surface area contributed by atoms with Crippen molar-refractivity contribution in [3.8, 4) is 5.75 Å². The predicted molar refractivity (Wildman–Crippen MR) is 104 cm³/mol. The lowest BCUT2D eigenvalue weighted by atomic mass is 9.96. The van der Waals surface area contributed by atoms with E-state index >= 15 is 0 Å². The zero-order valence-corrected chi connectivity index (χ0v) is 15.6. The summed E-state index contributed by atoms with van der Waals surface area (Å²) in [6.07, 6.45) is -0.848. The Hall–Kier alpha value is -2.86. The van der Waals surface area contributed by atoms with E-state index in [0.29, 0.717) is 17.4 Å². The van der Waals surface area contributed by atoms with Gasteiger partial charge in [-0.3, -0.25) is 9.59 Å². The number of benzene rings is 2. The number of primary amides is 1. The van der Waals surface area contributed by atoms with Crippen LogP contribution in [0.25, 0.3) is 0 Å². The van der Waals surface area contributed by atoms with Crippen LogP contribution in [0.15, 0.2) is 54.6 Å². The summed E-state index contributed by atoms with van der Waals surface area (Å²) in [4.78, 5) is 26.1. The Morgan fingerprint density at radius 3 is 2.48 bits per heavy atom. The van der Waals surface area contributed by atoms with E-state index < -0.39 is 12.0 Å². The van der Waals surface area contributed by atoms with Gasteiger partial charge in [0.1, 0.15) is 5.75 Å². The number of hydrogen-bond acceptors (Lipinski definition) is 4. The first kappa shape index (κ1) is 18.9. The molecule has 0 aliphatic carbocycles. The number of fused-ring (bicyclic) bond motifs is 1. The molecule has 0 radical (unpaired) electrons. The quantitative estimate of drug-likeness (QED) is 0.820. The summed E-state index contributed by atoms with van der Waals surface area (Å²) in [5.74, 6) is 0.0955. The maximum Gasteiger partial charge on any atom is 0.260 e. The van der Waals surface area contributed by atoms with Crippen molar-refractivity contribution in [3.63, 3.8) is 0 Å². The Labute approximate surface area is 159 Å². The summed E-state index contributed by atoms with van der Waals surface area (Å²) in [5, 5.41) is 3.36. The average Bonchev–Trinajstić information content (AvgIpc) is 2.67. The SMILES string of the molecule is CC(C)[C@@H](NCC(=O)N1C[C@H](C(N)=O)Oc2ccccc21)c1ccccc1. The van der Waals surface area contributed by atoms with E-state index in [1.165, 1.54) is 0 Å². The van der Waals surface area contributed by atoms with Crippen LogP contribution in [-0.2, 0) is 9.59 Å². The van der Waals surface area contributed by atoms with Crippen LogP contribution in [0.2, 0.25) is 0 Å². The lowest BCUT2D eigenvalue weighted by Gasteiger charge is -2.34. The normalized spacial score (nSPS) is 17.1. The molecule has 3 rings (SSSR count). The van der Waals surface area contributed by atoms with Gasteiger partial charge in [-0.2, -0.15) is 0 Å². The third-order valence-electron chi connectivity index (χ3n) is 4.69. The molecule has 6 nitrogen and oxygen atoms in total. The van der Waals surface area contributed by atoms with Gasteiger partial charge < -0.3 is 20.7 Å². The summed E-state index contributed by atoms with van der Waals surface area (Å²) < 4.78 is 5.62. The fraction of sp³-hybridized carbons (Fsp3) is 0.333. The molecule has 0 aromatic heterocycles. The topological polar surface area (TPSA) is 84.7 Å². The van der Waals surface area contributed by atoms with E-state index in [4.69, 9.17) is 10.5 Å². The van der Waals surface area contributed by atoms with Crippen LogP contribution in [-0.4, -0.2) is 31.0 Å². The highest BCUT2D eigenvalue weighted by Crippen LogP contribution is 2.33. The lowest BCUT2D eigenvalue weighted by molar-refractivity contribution is -0.125. The molecule has 142 valence electrons. The summed E-state index contributed by atoms with van der Waals surface area (Å²) in [7, 11) is 0. The van der Waals surface area contributed by atoms with Crippen molar-refractivity contribution in [1.29, 1.82) is 0 Å². The largest absolute Gasteiger partial charge is 0.477 e. The van der Waals surface area contributed by atoms with Crippen LogP contribution in [0.4, 0.5) is 5.69 Å². The number of hydrogen-bond donors (Lipinski definition) is 2. The van der Waals surface area contributed by atoms with E-state index in [2.05, 4.69) is 31.3 Å². The van der Waals surface area contributed by atoms with E-state index in [-0.39, 0.29) is 25.0 Å². The zero-order chi connectivity index (χ0) is 19.4. The van der Waals surface area contributed by atoms with Crippen LogP contribution in [0.1, 0.15) is 25.5 Å². The van der Waals surface area contributed by atoms with Crippen LogP contribution in [0, 0.1) is 5.92 Å². The number of amides is 2. The molecular formula is C21H25N3O3. The Bertz CT molecular complexity index is 807. The van der Waals surface area contributed by atoms with Crippen molar-refractivity contribution in [2.24, 2.45) is 11.7 Å². The number of rotatable bonds is 6. The standard InChI is InChI=1S/C21H25N3O3/c1-14(2)20(15-8-4-3-5-9-15)23-12-19(25)24-13-18(21(22)26)27-17-11-7-6-10-16(17)24/h3-11,14,18,20,23H,12-13H2,1-2H3,(H2,22,26)/t18-,20-/m1/s1. The molecule has 0 saturated heterocycles. The van der Waals surface area contributed by atoms with E-state index in [0.717, 1.165) is 5.56 Å². The Morgan fingerprint density at radius 1 is 1.15 bits per heavy atom. The third kappa shape index (κ3) is 4.28. The first-order valence-electron chi connectivity index (χ1n) is 9.11. The Morgan fingerprint density at radius 2 is 1.81 bits per heavy atom. The Balaban J connectivity index is 1.76. The minimum atomic E-state index is -0.848. The maximum absolute atomic E-state index is 12.9. The molecule has 27 heavy (non-hydrogen) atoms. The molecule has 3 N–H and O–H groups in total. The van der Waals surface area contributed by atoms with Crippen molar-refractivity contribution in [1.82, 2.24) is 5.32 Å². The molecule has 2 atom stereocenters. The van der Waals surface area contributed by atoms with Gasteiger partial charge in [0.2, 0.25) is 5.91 Å². The molecule has 6 heteroatoms.